The number of aliphatic hydroxyl groups excluding tert-OH is 1. The molecular formula is C15H22O3. The molecule has 3 aliphatic rings. The second-order valence-corrected chi connectivity index (χ2v) is 7.45. The van der Waals surface area contributed by atoms with E-state index in [1.165, 1.54) is 0 Å². The Bertz CT molecular complexity index is 464. The zero-order valence-electron chi connectivity index (χ0n) is 11.5. The highest BCUT2D eigenvalue weighted by Gasteiger charge is 2.71. The number of hydrogen-bond acceptors (Lipinski definition) is 3. The van der Waals surface area contributed by atoms with Crippen LogP contribution in [0.4, 0.5) is 0 Å². The Morgan fingerprint density at radius 3 is 2.50 bits per heavy atom. The molecule has 0 aromatic rings. The predicted octanol–water partition coefficient (Wildman–Crippen LogP) is 1.68. The highest BCUT2D eigenvalue weighted by Crippen LogP contribution is 2.67. The zero-order chi connectivity index (χ0) is 13.5. The van der Waals surface area contributed by atoms with Crippen LogP contribution < -0.4 is 0 Å². The van der Waals surface area contributed by atoms with Gasteiger partial charge in [-0.05, 0) is 18.3 Å². The van der Waals surface area contributed by atoms with Gasteiger partial charge in [0.2, 0.25) is 0 Å². The van der Waals surface area contributed by atoms with Gasteiger partial charge in [-0.15, -0.1) is 0 Å². The average Bonchev–Trinajstić information content (AvgIpc) is 2.47. The van der Waals surface area contributed by atoms with Gasteiger partial charge in [0.1, 0.15) is 0 Å². The van der Waals surface area contributed by atoms with Crippen molar-refractivity contribution in [2.24, 2.45) is 22.7 Å². The van der Waals surface area contributed by atoms with Crippen molar-refractivity contribution in [2.45, 2.75) is 52.2 Å². The van der Waals surface area contributed by atoms with Crippen LogP contribution in [0.2, 0.25) is 0 Å². The van der Waals surface area contributed by atoms with Crippen LogP contribution in [-0.4, -0.2) is 27.7 Å². The molecule has 2 saturated carbocycles. The lowest BCUT2D eigenvalue weighted by Crippen LogP contribution is -2.69. The van der Waals surface area contributed by atoms with E-state index in [0.29, 0.717) is 18.4 Å². The molecule has 5 atom stereocenters. The SMILES string of the molecule is CC1C(=O)C2=CC(C)(C)C[C@]2(O)[C@@]2(C)C[C@@H](O)C12. The number of carbonyl (C=O) groups is 1. The van der Waals surface area contributed by atoms with Crippen molar-refractivity contribution in [3.05, 3.63) is 11.6 Å². The summed E-state index contributed by atoms with van der Waals surface area (Å²) in [4.78, 5) is 12.4. The number of Topliss-reactive ketones (excluding diaryl/α,β-unsaturated/α-hetero) is 1. The van der Waals surface area contributed by atoms with Gasteiger partial charge in [0.15, 0.2) is 5.78 Å². The average molecular weight is 250 g/mol. The Morgan fingerprint density at radius 2 is 1.94 bits per heavy atom. The van der Waals surface area contributed by atoms with Gasteiger partial charge in [0.25, 0.3) is 0 Å². The smallest absolute Gasteiger partial charge is 0.164 e. The minimum atomic E-state index is -1.04. The molecule has 0 aromatic carbocycles. The van der Waals surface area contributed by atoms with E-state index in [1.54, 1.807) is 0 Å². The molecule has 2 unspecified atom stereocenters. The monoisotopic (exact) mass is 250 g/mol. The summed E-state index contributed by atoms with van der Waals surface area (Å²) in [6.45, 7) is 8.03. The summed E-state index contributed by atoms with van der Waals surface area (Å²) in [5.41, 5.74) is -0.924. The lowest BCUT2D eigenvalue weighted by molar-refractivity contribution is -0.225. The molecule has 3 heteroatoms. The molecule has 0 amide bonds. The van der Waals surface area contributed by atoms with Crippen LogP contribution in [-0.2, 0) is 4.79 Å². The van der Waals surface area contributed by atoms with Crippen LogP contribution in [0.25, 0.3) is 0 Å². The van der Waals surface area contributed by atoms with E-state index >= 15 is 0 Å². The molecule has 0 spiro atoms. The van der Waals surface area contributed by atoms with Crippen LogP contribution in [0.1, 0.15) is 40.5 Å². The van der Waals surface area contributed by atoms with Crippen LogP contribution in [0.3, 0.4) is 0 Å². The van der Waals surface area contributed by atoms with Gasteiger partial charge < -0.3 is 10.2 Å². The van der Waals surface area contributed by atoms with Crippen molar-refractivity contribution in [1.29, 1.82) is 0 Å². The van der Waals surface area contributed by atoms with Gasteiger partial charge in [-0.1, -0.05) is 33.8 Å². The second-order valence-electron chi connectivity index (χ2n) is 7.45. The van der Waals surface area contributed by atoms with Gasteiger partial charge in [0, 0.05) is 22.8 Å². The quantitative estimate of drug-likeness (QED) is 0.687. The third-order valence-electron chi connectivity index (χ3n) is 5.64. The molecule has 0 radical (unpaired) electrons. The number of carbonyl (C=O) groups excluding carboxylic acids is 1. The van der Waals surface area contributed by atoms with Crippen molar-refractivity contribution < 1.29 is 15.0 Å². The third kappa shape index (κ3) is 1.15. The van der Waals surface area contributed by atoms with Crippen LogP contribution >= 0.6 is 0 Å². The van der Waals surface area contributed by atoms with Gasteiger partial charge in [0.05, 0.1) is 11.7 Å². The molecule has 0 saturated heterocycles. The molecule has 2 N–H and O–H groups in total. The first-order valence-corrected chi connectivity index (χ1v) is 6.80. The fourth-order valence-corrected chi connectivity index (χ4v) is 4.80. The van der Waals surface area contributed by atoms with Gasteiger partial charge in [-0.2, -0.15) is 0 Å². The number of fused-ring (bicyclic) bond motifs is 3. The first kappa shape index (κ1) is 12.4. The summed E-state index contributed by atoms with van der Waals surface area (Å²) in [5.74, 6) is -0.246. The van der Waals surface area contributed by atoms with Crippen LogP contribution in [0, 0.1) is 22.7 Å². The minimum Gasteiger partial charge on any atom is -0.393 e. The van der Waals surface area contributed by atoms with E-state index in [-0.39, 0.29) is 28.4 Å². The summed E-state index contributed by atoms with van der Waals surface area (Å²) in [6.07, 6.45) is 2.70. The van der Waals surface area contributed by atoms with Crippen molar-refractivity contribution in [3.8, 4) is 0 Å². The van der Waals surface area contributed by atoms with E-state index in [9.17, 15) is 15.0 Å². The summed E-state index contributed by atoms with van der Waals surface area (Å²) in [6, 6.07) is 0. The predicted molar refractivity (Wildman–Crippen MR) is 67.8 cm³/mol. The Morgan fingerprint density at radius 1 is 1.33 bits per heavy atom. The lowest BCUT2D eigenvalue weighted by Gasteiger charge is -2.63. The van der Waals surface area contributed by atoms with Crippen LogP contribution in [0.5, 0.6) is 0 Å². The Hall–Kier alpha value is -0.670. The molecule has 0 bridgehead atoms. The molecule has 100 valence electrons. The van der Waals surface area contributed by atoms with E-state index in [4.69, 9.17) is 0 Å². The number of hydrogen-bond donors (Lipinski definition) is 2. The molecule has 18 heavy (non-hydrogen) atoms. The number of rotatable bonds is 0. The summed E-state index contributed by atoms with van der Waals surface area (Å²) in [7, 11) is 0. The summed E-state index contributed by atoms with van der Waals surface area (Å²) in [5, 5.41) is 21.1. The fourth-order valence-electron chi connectivity index (χ4n) is 4.80. The zero-order valence-corrected chi connectivity index (χ0v) is 11.5. The molecule has 3 aliphatic carbocycles. The highest BCUT2D eigenvalue weighted by molar-refractivity contribution is 6.01. The first-order valence-electron chi connectivity index (χ1n) is 6.80. The Kier molecular flexibility index (Phi) is 2.11. The second kappa shape index (κ2) is 3.07. The summed E-state index contributed by atoms with van der Waals surface area (Å²) >= 11 is 0. The molecule has 0 aromatic heterocycles. The maximum Gasteiger partial charge on any atom is 0.164 e. The minimum absolute atomic E-state index is 0.0318. The number of allylic oxidation sites excluding steroid dienone is 1. The molecule has 3 nitrogen and oxygen atoms in total. The Balaban J connectivity index is 2.14. The first-order chi connectivity index (χ1) is 8.12. The van der Waals surface area contributed by atoms with E-state index < -0.39 is 11.7 Å². The number of aliphatic hydroxyl groups is 2. The molecule has 0 aliphatic heterocycles. The molecule has 0 heterocycles. The summed E-state index contributed by atoms with van der Waals surface area (Å²) < 4.78 is 0. The van der Waals surface area contributed by atoms with Crippen LogP contribution in [0.15, 0.2) is 11.6 Å². The van der Waals surface area contributed by atoms with Gasteiger partial charge >= 0.3 is 0 Å². The van der Waals surface area contributed by atoms with E-state index in [0.717, 1.165) is 0 Å². The van der Waals surface area contributed by atoms with Crippen molar-refractivity contribution in [2.75, 3.05) is 0 Å². The lowest BCUT2D eigenvalue weighted by atomic mass is 9.43. The number of ketones is 1. The fraction of sp³-hybridized carbons (Fsp3) is 0.800. The molecular weight excluding hydrogens is 228 g/mol. The maximum absolute atomic E-state index is 12.4. The standard InChI is InChI=1S/C15H22O3/c1-8-11-10(16)6-14(11,4)15(18)7-13(2,3)5-9(15)12(8)17/h5,8,10-11,16,18H,6-7H2,1-4H3/t8?,10-,11?,14+,15-/m1/s1. The van der Waals surface area contributed by atoms with E-state index in [1.807, 2.05) is 19.9 Å². The highest BCUT2D eigenvalue weighted by atomic mass is 16.3. The largest absolute Gasteiger partial charge is 0.393 e. The normalized spacial score (nSPS) is 53.3. The van der Waals surface area contributed by atoms with Crippen molar-refractivity contribution >= 4 is 5.78 Å². The topological polar surface area (TPSA) is 57.5 Å². The van der Waals surface area contributed by atoms with Crippen molar-refractivity contribution in [1.82, 2.24) is 0 Å². The maximum atomic E-state index is 12.4. The molecule has 2 fully saturated rings. The Labute approximate surface area is 108 Å². The third-order valence-corrected chi connectivity index (χ3v) is 5.64. The van der Waals surface area contributed by atoms with Gasteiger partial charge in [-0.25, -0.2) is 0 Å². The van der Waals surface area contributed by atoms with Crippen molar-refractivity contribution in [3.63, 3.8) is 0 Å². The molecule has 3 rings (SSSR count). The van der Waals surface area contributed by atoms with Gasteiger partial charge in [-0.3, -0.25) is 4.79 Å². The van der Waals surface area contributed by atoms with E-state index in [2.05, 4.69) is 13.8 Å².